The van der Waals surface area contributed by atoms with Gasteiger partial charge in [0.05, 0.1) is 42.9 Å². The standard InChI is InChI=1S/C31H39N5O5.HI/c1-34-26-6-3-2-5-24(26)29(33-9-4-11-35-13-17-38-18-14-35)31-30(34)25-21-23(7-8-27(25)41-31)40-22-28(37)32-10-12-36-15-19-39-20-16-36;/h2-3,5-8,21H,4,9-20,22H2,1H3,(H,32,37);1H. The first kappa shape index (κ1) is 30.7. The van der Waals surface area contributed by atoms with E-state index in [0.29, 0.717) is 12.3 Å². The van der Waals surface area contributed by atoms with Crippen LogP contribution < -0.4 is 43.9 Å². The third kappa shape index (κ3) is 7.08. The van der Waals surface area contributed by atoms with Crippen molar-refractivity contribution in [3.63, 3.8) is 0 Å². The summed E-state index contributed by atoms with van der Waals surface area (Å²) >= 11 is 0. The van der Waals surface area contributed by atoms with Crippen LogP contribution in [0.15, 0.2) is 46.9 Å². The predicted octanol–water partition coefficient (Wildman–Crippen LogP) is -0.471. The van der Waals surface area contributed by atoms with E-state index in [1.165, 1.54) is 0 Å². The number of halogens is 1. The lowest BCUT2D eigenvalue weighted by Crippen LogP contribution is -3.00. The Balaban J connectivity index is 0.00000353. The number of nitrogens with one attached hydrogen (secondary N) is 2. The molecule has 0 unspecified atom stereocenters. The molecule has 4 heterocycles. The fourth-order valence-corrected chi connectivity index (χ4v) is 5.77. The van der Waals surface area contributed by atoms with Gasteiger partial charge in [0.15, 0.2) is 6.61 Å². The van der Waals surface area contributed by atoms with E-state index in [1.807, 2.05) is 18.2 Å². The van der Waals surface area contributed by atoms with Crippen LogP contribution in [0.4, 0.5) is 5.69 Å². The van der Waals surface area contributed by atoms with Crippen molar-refractivity contribution in [1.82, 2.24) is 15.1 Å². The molecule has 1 amide bonds. The van der Waals surface area contributed by atoms with E-state index in [4.69, 9.17) is 18.6 Å². The predicted molar refractivity (Wildman–Crippen MR) is 159 cm³/mol. The van der Waals surface area contributed by atoms with E-state index >= 15 is 0 Å². The number of aryl methyl sites for hydroxylation is 1. The molecule has 11 heteroatoms. The molecule has 2 saturated heterocycles. The second-order valence-corrected chi connectivity index (χ2v) is 10.7. The van der Waals surface area contributed by atoms with Crippen molar-refractivity contribution in [3.05, 3.63) is 42.5 Å². The second-order valence-electron chi connectivity index (χ2n) is 10.7. The Bertz CT molecular complexity index is 1500. The fourth-order valence-electron chi connectivity index (χ4n) is 5.77. The van der Waals surface area contributed by atoms with Crippen LogP contribution >= 0.6 is 0 Å². The summed E-state index contributed by atoms with van der Waals surface area (Å²) in [5, 5.41) is 8.73. The SMILES string of the molecule is C[n+]1c2ccccc2c(NCCCN2CCOCC2)c2oc3ccc(OCC(=O)NCCN4CCOCC4)cc3c21.[I-]. The number of ether oxygens (including phenoxy) is 3. The van der Waals surface area contributed by atoms with E-state index in [1.54, 1.807) is 0 Å². The number of hydrogen-bond donors (Lipinski definition) is 2. The maximum atomic E-state index is 12.4. The first-order valence-electron chi connectivity index (χ1n) is 14.7. The maximum Gasteiger partial charge on any atom is 0.261 e. The smallest absolute Gasteiger partial charge is 0.261 e. The Hall–Kier alpha value is -2.71. The minimum atomic E-state index is -0.129. The summed E-state index contributed by atoms with van der Waals surface area (Å²) in [4.78, 5) is 17.2. The van der Waals surface area contributed by atoms with Gasteiger partial charge in [0.25, 0.3) is 11.4 Å². The van der Waals surface area contributed by atoms with Crippen molar-refractivity contribution in [3.8, 4) is 5.75 Å². The monoisotopic (exact) mass is 689 g/mol. The Morgan fingerprint density at radius 2 is 1.64 bits per heavy atom. The van der Waals surface area contributed by atoms with Crippen molar-refractivity contribution in [2.75, 3.05) is 90.7 Å². The highest BCUT2D eigenvalue weighted by molar-refractivity contribution is 6.11. The molecule has 0 radical (unpaired) electrons. The summed E-state index contributed by atoms with van der Waals surface area (Å²) < 4.78 is 25.4. The van der Waals surface area contributed by atoms with Crippen molar-refractivity contribution in [2.24, 2.45) is 7.05 Å². The minimum absolute atomic E-state index is 0. The number of nitrogens with zero attached hydrogens (tertiary/aromatic N) is 3. The average Bonchev–Trinajstić information content (AvgIpc) is 3.40. The summed E-state index contributed by atoms with van der Waals surface area (Å²) in [6.07, 6.45) is 1.03. The molecule has 2 fully saturated rings. The van der Waals surface area contributed by atoms with Crippen LogP contribution in [0.1, 0.15) is 6.42 Å². The number of morpholine rings is 2. The highest BCUT2D eigenvalue weighted by Crippen LogP contribution is 2.37. The Labute approximate surface area is 263 Å². The van der Waals surface area contributed by atoms with E-state index in [9.17, 15) is 4.79 Å². The van der Waals surface area contributed by atoms with Crippen molar-refractivity contribution in [1.29, 1.82) is 0 Å². The summed E-state index contributed by atoms with van der Waals surface area (Å²) in [6, 6.07) is 14.2. The molecular formula is C31H40IN5O5. The second kappa shape index (κ2) is 14.6. The molecular weight excluding hydrogens is 649 g/mol. The van der Waals surface area contributed by atoms with Gasteiger partial charge < -0.3 is 53.2 Å². The molecule has 0 bridgehead atoms. The lowest BCUT2D eigenvalue weighted by atomic mass is 10.1. The van der Waals surface area contributed by atoms with E-state index < -0.39 is 0 Å². The number of carbonyl (C=O) groups excluding carboxylic acids is 1. The number of benzene rings is 2. The van der Waals surface area contributed by atoms with Crippen molar-refractivity contribution in [2.45, 2.75) is 6.42 Å². The zero-order valence-electron chi connectivity index (χ0n) is 24.2. The van der Waals surface area contributed by atoms with Crippen LogP contribution in [0, 0.1) is 0 Å². The van der Waals surface area contributed by atoms with Gasteiger partial charge in [0, 0.05) is 51.9 Å². The zero-order valence-corrected chi connectivity index (χ0v) is 26.4. The maximum absolute atomic E-state index is 12.4. The highest BCUT2D eigenvalue weighted by atomic mass is 127. The molecule has 0 spiro atoms. The molecule has 0 aliphatic carbocycles. The van der Waals surface area contributed by atoms with Gasteiger partial charge in [0.1, 0.15) is 18.4 Å². The molecule has 2 aliphatic heterocycles. The lowest BCUT2D eigenvalue weighted by Gasteiger charge is -2.26. The van der Waals surface area contributed by atoms with Crippen LogP contribution in [-0.4, -0.2) is 101 Å². The normalized spacial score (nSPS) is 16.5. The van der Waals surface area contributed by atoms with Crippen LogP contribution in [0.2, 0.25) is 0 Å². The molecule has 4 aromatic rings. The molecule has 2 aromatic heterocycles. The van der Waals surface area contributed by atoms with Crippen molar-refractivity contribution >= 4 is 44.6 Å². The molecule has 0 saturated carbocycles. The van der Waals surface area contributed by atoms with E-state index in [0.717, 1.165) is 117 Å². The number of aromatic nitrogens is 1. The quantitative estimate of drug-likeness (QED) is 0.124. The number of para-hydroxylation sites is 1. The Morgan fingerprint density at radius 1 is 0.929 bits per heavy atom. The van der Waals surface area contributed by atoms with Gasteiger partial charge in [-0.1, -0.05) is 12.1 Å². The number of pyridine rings is 1. The van der Waals surface area contributed by atoms with Gasteiger partial charge in [0.2, 0.25) is 11.1 Å². The minimum Gasteiger partial charge on any atom is -1.00 e. The molecule has 0 atom stereocenters. The number of hydrogen-bond acceptors (Lipinski definition) is 8. The van der Waals surface area contributed by atoms with E-state index in [2.05, 4.69) is 56.3 Å². The van der Waals surface area contributed by atoms with Crippen LogP contribution in [-0.2, 0) is 21.3 Å². The first-order chi connectivity index (χ1) is 20.2. The number of anilines is 1. The van der Waals surface area contributed by atoms with Gasteiger partial charge in [-0.25, -0.2) is 0 Å². The van der Waals surface area contributed by atoms with Crippen LogP contribution in [0.3, 0.4) is 0 Å². The molecule has 42 heavy (non-hydrogen) atoms. The number of amides is 1. The zero-order chi connectivity index (χ0) is 28.0. The summed E-state index contributed by atoms with van der Waals surface area (Å²) in [6.45, 7) is 10.2. The average molecular weight is 690 g/mol. The first-order valence-corrected chi connectivity index (χ1v) is 14.7. The largest absolute Gasteiger partial charge is 1.00 e. The van der Waals surface area contributed by atoms with Gasteiger partial charge in [-0.05, 0) is 37.2 Å². The van der Waals surface area contributed by atoms with Gasteiger partial charge in [-0.15, -0.1) is 0 Å². The number of rotatable bonds is 11. The lowest BCUT2D eigenvalue weighted by molar-refractivity contribution is -0.616. The number of fused-ring (bicyclic) bond motifs is 4. The van der Waals surface area contributed by atoms with Gasteiger partial charge in [-0.3, -0.25) is 14.6 Å². The third-order valence-corrected chi connectivity index (χ3v) is 8.01. The topological polar surface area (TPSA) is 92.3 Å². The van der Waals surface area contributed by atoms with Crippen LogP contribution in [0.25, 0.3) is 33.0 Å². The van der Waals surface area contributed by atoms with Gasteiger partial charge >= 0.3 is 0 Å². The summed E-state index contributed by atoms with van der Waals surface area (Å²) in [5.74, 6) is 0.507. The number of carbonyl (C=O) groups is 1. The molecule has 2 N–H and O–H groups in total. The molecule has 6 rings (SSSR count). The fraction of sp³-hybridized carbons (Fsp3) is 0.484. The molecule has 10 nitrogen and oxygen atoms in total. The van der Waals surface area contributed by atoms with Gasteiger partial charge in [-0.2, -0.15) is 4.57 Å². The van der Waals surface area contributed by atoms with Crippen molar-refractivity contribution < 1.29 is 52.0 Å². The summed E-state index contributed by atoms with van der Waals surface area (Å²) in [5.41, 5.74) is 4.73. The third-order valence-electron chi connectivity index (χ3n) is 8.01. The summed E-state index contributed by atoms with van der Waals surface area (Å²) in [7, 11) is 2.07. The van der Waals surface area contributed by atoms with Crippen LogP contribution in [0.5, 0.6) is 5.75 Å². The molecule has 2 aliphatic rings. The molecule has 226 valence electrons. The van der Waals surface area contributed by atoms with E-state index in [-0.39, 0.29) is 36.5 Å². The molecule has 2 aromatic carbocycles. The number of furan rings is 1. The highest BCUT2D eigenvalue weighted by Gasteiger charge is 2.25. The Morgan fingerprint density at radius 3 is 2.40 bits per heavy atom. The Kier molecular flexibility index (Phi) is 10.7.